The summed E-state index contributed by atoms with van der Waals surface area (Å²) in [4.78, 5) is 89.7. The third-order valence-electron chi connectivity index (χ3n) is 4.63. The van der Waals surface area contributed by atoms with E-state index in [-0.39, 0.29) is 48.2 Å². The van der Waals surface area contributed by atoms with Crippen LogP contribution in [0.5, 0.6) is 0 Å². The predicted molar refractivity (Wildman–Crippen MR) is 100 cm³/mol. The van der Waals surface area contributed by atoms with Gasteiger partial charge in [0.15, 0.2) is 0 Å². The number of carbonyl (C=O) groups excluding carboxylic acids is 6. The Kier molecular flexibility index (Phi) is 5.41. The van der Waals surface area contributed by atoms with Crippen molar-refractivity contribution in [3.05, 3.63) is 47.8 Å². The molecule has 162 valence electrons. The van der Waals surface area contributed by atoms with Crippen LogP contribution in [0, 0.1) is 0 Å². The molecule has 0 aromatic carbocycles. The van der Waals surface area contributed by atoms with Gasteiger partial charge in [-0.15, -0.1) is 10.1 Å². The van der Waals surface area contributed by atoms with Crippen LogP contribution in [-0.4, -0.2) is 55.7 Å². The molecule has 0 spiro atoms. The number of aromatic nitrogens is 2. The van der Waals surface area contributed by atoms with Gasteiger partial charge < -0.3 is 9.68 Å². The van der Waals surface area contributed by atoms with E-state index in [2.05, 4.69) is 9.97 Å². The van der Waals surface area contributed by atoms with Gasteiger partial charge in [-0.25, -0.2) is 9.59 Å². The van der Waals surface area contributed by atoms with Gasteiger partial charge >= 0.3 is 11.9 Å². The average molecular weight is 438 g/mol. The molecule has 4 heterocycles. The quantitative estimate of drug-likeness (QED) is 0.606. The highest BCUT2D eigenvalue weighted by Gasteiger charge is 2.35. The molecule has 0 aliphatic carbocycles. The Labute approximate surface area is 179 Å². The molecule has 2 fully saturated rings. The minimum absolute atomic E-state index is 0.0135. The van der Waals surface area contributed by atoms with Gasteiger partial charge in [0.25, 0.3) is 23.6 Å². The lowest BCUT2D eigenvalue weighted by atomic mass is 10.1. The summed E-state index contributed by atoms with van der Waals surface area (Å²) in [6.07, 6.45) is 2.41. The number of rotatable bonds is 5. The number of imide groups is 2. The van der Waals surface area contributed by atoms with Crippen molar-refractivity contribution < 1.29 is 38.4 Å². The highest BCUT2D eigenvalue weighted by molar-refractivity contribution is 6.04. The summed E-state index contributed by atoms with van der Waals surface area (Å²) in [5.41, 5.74) is -0.0787. The van der Waals surface area contributed by atoms with Crippen LogP contribution in [0.1, 0.15) is 46.4 Å². The Hall–Kier alpha value is -4.48. The number of hydroxylamine groups is 4. The average Bonchev–Trinajstić information content (AvgIpc) is 3.29. The van der Waals surface area contributed by atoms with Crippen LogP contribution in [0.25, 0.3) is 11.4 Å². The van der Waals surface area contributed by atoms with Crippen molar-refractivity contribution in [3.8, 4) is 11.4 Å². The maximum Gasteiger partial charge on any atom is 0.366 e. The molecule has 0 saturated carbocycles. The van der Waals surface area contributed by atoms with Crippen molar-refractivity contribution in [3.63, 3.8) is 0 Å². The van der Waals surface area contributed by atoms with Crippen LogP contribution in [0.2, 0.25) is 0 Å². The Morgan fingerprint density at radius 2 is 1.31 bits per heavy atom. The number of nitrogens with zero attached hydrogens (tertiary/aromatic N) is 4. The molecule has 0 radical (unpaired) electrons. The molecule has 2 aliphatic rings. The summed E-state index contributed by atoms with van der Waals surface area (Å²) < 4.78 is 0. The highest BCUT2D eigenvalue weighted by atomic mass is 16.7. The lowest BCUT2D eigenvalue weighted by Crippen LogP contribution is -2.32. The normalized spacial score (nSPS) is 16.0. The highest BCUT2D eigenvalue weighted by Crippen LogP contribution is 2.23. The van der Waals surface area contributed by atoms with Crippen molar-refractivity contribution in [1.29, 1.82) is 0 Å². The summed E-state index contributed by atoms with van der Waals surface area (Å²) in [5, 5.41) is 0.820. The molecule has 12 heteroatoms. The fourth-order valence-corrected chi connectivity index (χ4v) is 3.04. The standard InChI is InChI=1S/C20H14N4O8/c25-14-3-4-15(26)23(14)31-19(29)11-7-9-21-13(10-11)18-12(2-1-8-22-18)20(30)32-24-16(27)5-6-17(24)28/h1-2,7-10H,3-6H2. The van der Waals surface area contributed by atoms with Crippen LogP contribution in [0.15, 0.2) is 36.7 Å². The number of carbonyl (C=O) groups is 6. The fraction of sp³-hybridized carbons (Fsp3) is 0.200. The third-order valence-corrected chi connectivity index (χ3v) is 4.63. The summed E-state index contributed by atoms with van der Waals surface area (Å²) in [5.74, 6) is -4.52. The molecular formula is C20H14N4O8. The van der Waals surface area contributed by atoms with E-state index in [0.29, 0.717) is 10.1 Å². The SMILES string of the molecule is O=C(ON1C(=O)CCC1=O)c1ccnc(-c2ncccc2C(=O)ON2C(=O)CCC2=O)c1. The minimum Gasteiger partial charge on any atom is -0.325 e. The first-order chi connectivity index (χ1) is 15.3. The van der Waals surface area contributed by atoms with E-state index in [0.717, 1.165) is 0 Å². The first-order valence-corrected chi connectivity index (χ1v) is 9.43. The van der Waals surface area contributed by atoms with Crippen molar-refractivity contribution in [2.24, 2.45) is 0 Å². The number of amides is 4. The van der Waals surface area contributed by atoms with Crippen molar-refractivity contribution in [1.82, 2.24) is 20.1 Å². The molecular weight excluding hydrogens is 424 g/mol. The number of hydrogen-bond donors (Lipinski definition) is 0. The molecule has 2 aliphatic heterocycles. The van der Waals surface area contributed by atoms with E-state index in [4.69, 9.17) is 9.68 Å². The van der Waals surface area contributed by atoms with Crippen LogP contribution in [-0.2, 0) is 28.9 Å². The molecule has 12 nitrogen and oxygen atoms in total. The van der Waals surface area contributed by atoms with Crippen LogP contribution in [0.3, 0.4) is 0 Å². The zero-order valence-electron chi connectivity index (χ0n) is 16.3. The van der Waals surface area contributed by atoms with Gasteiger partial charge in [-0.2, -0.15) is 0 Å². The Morgan fingerprint density at radius 1 is 0.750 bits per heavy atom. The maximum atomic E-state index is 12.6. The van der Waals surface area contributed by atoms with E-state index >= 15 is 0 Å². The summed E-state index contributed by atoms with van der Waals surface area (Å²) >= 11 is 0. The second-order valence-corrected chi connectivity index (χ2v) is 6.75. The molecule has 0 atom stereocenters. The van der Waals surface area contributed by atoms with Gasteiger partial charge in [-0.3, -0.25) is 29.1 Å². The molecule has 2 aromatic rings. The van der Waals surface area contributed by atoms with E-state index in [9.17, 15) is 28.8 Å². The summed E-state index contributed by atoms with van der Waals surface area (Å²) in [6.45, 7) is 0. The largest absolute Gasteiger partial charge is 0.366 e. The molecule has 0 bridgehead atoms. The van der Waals surface area contributed by atoms with Crippen molar-refractivity contribution in [2.75, 3.05) is 0 Å². The van der Waals surface area contributed by atoms with E-state index in [1.807, 2.05) is 0 Å². The number of pyridine rings is 2. The molecule has 2 saturated heterocycles. The predicted octanol–water partition coefficient (Wildman–Crippen LogP) is 0.585. The summed E-state index contributed by atoms with van der Waals surface area (Å²) in [7, 11) is 0. The van der Waals surface area contributed by atoms with E-state index in [1.54, 1.807) is 0 Å². The second kappa shape index (κ2) is 8.34. The maximum absolute atomic E-state index is 12.6. The zero-order valence-corrected chi connectivity index (χ0v) is 16.3. The Balaban J connectivity index is 1.58. The Morgan fingerprint density at radius 3 is 1.91 bits per heavy atom. The van der Waals surface area contributed by atoms with Gasteiger partial charge in [0.2, 0.25) is 0 Å². The third kappa shape index (κ3) is 3.93. The van der Waals surface area contributed by atoms with Gasteiger partial charge in [0, 0.05) is 38.1 Å². The van der Waals surface area contributed by atoms with Crippen LogP contribution < -0.4 is 0 Å². The monoisotopic (exact) mass is 438 g/mol. The first kappa shape index (κ1) is 20.8. The summed E-state index contributed by atoms with van der Waals surface area (Å²) in [6, 6.07) is 5.33. The smallest absolute Gasteiger partial charge is 0.325 e. The molecule has 0 N–H and O–H groups in total. The van der Waals surface area contributed by atoms with Crippen LogP contribution >= 0.6 is 0 Å². The van der Waals surface area contributed by atoms with E-state index in [1.165, 1.54) is 36.7 Å². The minimum atomic E-state index is -1.01. The van der Waals surface area contributed by atoms with Crippen LogP contribution in [0.4, 0.5) is 0 Å². The molecule has 32 heavy (non-hydrogen) atoms. The second-order valence-electron chi connectivity index (χ2n) is 6.75. The number of hydrogen-bond acceptors (Lipinski definition) is 10. The first-order valence-electron chi connectivity index (χ1n) is 9.43. The lowest BCUT2D eigenvalue weighted by Gasteiger charge is -2.14. The molecule has 2 aromatic heterocycles. The molecule has 4 amide bonds. The lowest BCUT2D eigenvalue weighted by molar-refractivity contribution is -0.173. The Bertz CT molecular complexity index is 1150. The molecule has 4 rings (SSSR count). The van der Waals surface area contributed by atoms with E-state index < -0.39 is 35.6 Å². The van der Waals surface area contributed by atoms with Gasteiger partial charge in [-0.05, 0) is 24.3 Å². The van der Waals surface area contributed by atoms with Gasteiger partial charge in [-0.1, -0.05) is 0 Å². The van der Waals surface area contributed by atoms with Gasteiger partial charge in [0.05, 0.1) is 16.8 Å². The molecule has 0 unspecified atom stereocenters. The zero-order chi connectivity index (χ0) is 22.8. The topological polar surface area (TPSA) is 153 Å². The fourth-order valence-electron chi connectivity index (χ4n) is 3.04. The van der Waals surface area contributed by atoms with Gasteiger partial charge in [0.1, 0.15) is 5.69 Å². The van der Waals surface area contributed by atoms with Crippen molar-refractivity contribution >= 4 is 35.6 Å². The van der Waals surface area contributed by atoms with Crippen molar-refractivity contribution in [2.45, 2.75) is 25.7 Å².